The molecule has 1 N–H and O–H groups in total. The van der Waals surface area contributed by atoms with Gasteiger partial charge in [-0.1, -0.05) is 6.92 Å². The molecule has 0 bridgehead atoms. The lowest BCUT2D eigenvalue weighted by atomic mass is 10.3. The summed E-state index contributed by atoms with van der Waals surface area (Å²) in [6.45, 7) is 2.93. The number of alkyl halides is 3. The van der Waals surface area contributed by atoms with Gasteiger partial charge in [-0.3, -0.25) is 0 Å². The summed E-state index contributed by atoms with van der Waals surface area (Å²) < 4.78 is 42.4. The molecule has 0 saturated heterocycles. The van der Waals surface area contributed by atoms with Crippen molar-refractivity contribution < 1.29 is 17.9 Å². The smallest absolute Gasteiger partial charge is 0.406 e. The van der Waals surface area contributed by atoms with Gasteiger partial charge >= 0.3 is 6.36 Å². The van der Waals surface area contributed by atoms with Crippen LogP contribution in [0.1, 0.15) is 13.3 Å². The number of aromatic nitrogens is 3. The molecule has 3 rings (SSSR count). The molecule has 0 radical (unpaired) electrons. The highest BCUT2D eigenvalue weighted by Crippen LogP contribution is 2.27. The van der Waals surface area contributed by atoms with Gasteiger partial charge in [0, 0.05) is 18.4 Å². The second-order valence-electron chi connectivity index (χ2n) is 5.17. The zero-order valence-electron chi connectivity index (χ0n) is 12.8. The van der Waals surface area contributed by atoms with Gasteiger partial charge in [0.05, 0.1) is 5.39 Å². The molecule has 0 spiro atoms. The number of benzene rings is 1. The Hall–Kier alpha value is -2.77. The molecule has 0 amide bonds. The van der Waals surface area contributed by atoms with Crippen LogP contribution in [0, 0.1) is 0 Å². The topological polar surface area (TPSA) is 52.0 Å². The molecule has 0 aliphatic carbocycles. The molecule has 1 aromatic carbocycles. The van der Waals surface area contributed by atoms with Crippen LogP contribution < -0.4 is 10.1 Å². The average molecular weight is 336 g/mol. The second kappa shape index (κ2) is 6.38. The third-order valence-corrected chi connectivity index (χ3v) is 3.37. The van der Waals surface area contributed by atoms with Crippen molar-refractivity contribution in [2.24, 2.45) is 0 Å². The van der Waals surface area contributed by atoms with Crippen LogP contribution in [0.3, 0.4) is 0 Å². The first-order chi connectivity index (χ1) is 11.5. The summed E-state index contributed by atoms with van der Waals surface area (Å²) in [5, 5.41) is 3.94. The molecule has 3 aromatic rings. The van der Waals surface area contributed by atoms with Gasteiger partial charge in [-0.25, -0.2) is 9.97 Å². The third-order valence-electron chi connectivity index (χ3n) is 3.37. The van der Waals surface area contributed by atoms with Crippen molar-refractivity contribution in [1.82, 2.24) is 14.5 Å². The van der Waals surface area contributed by atoms with Crippen LogP contribution in [0.25, 0.3) is 11.0 Å². The van der Waals surface area contributed by atoms with Gasteiger partial charge in [0.2, 0.25) is 0 Å². The van der Waals surface area contributed by atoms with Crippen LogP contribution in [-0.2, 0) is 6.54 Å². The first-order valence-electron chi connectivity index (χ1n) is 7.39. The van der Waals surface area contributed by atoms with Crippen LogP contribution in [0.4, 0.5) is 24.7 Å². The number of ether oxygens (including phenoxy) is 1. The summed E-state index contributed by atoms with van der Waals surface area (Å²) in [6.07, 6.45) is -0.320. The van der Waals surface area contributed by atoms with E-state index in [0.717, 1.165) is 24.0 Å². The molecule has 2 aromatic heterocycles. The zero-order chi connectivity index (χ0) is 17.2. The number of nitrogens with zero attached hydrogens (tertiary/aromatic N) is 3. The van der Waals surface area contributed by atoms with Crippen LogP contribution in [-0.4, -0.2) is 20.9 Å². The molecule has 0 aliphatic heterocycles. The Bertz CT molecular complexity index is 827. The predicted octanol–water partition coefficient (Wildman–Crippen LogP) is 4.48. The Morgan fingerprint density at radius 2 is 1.88 bits per heavy atom. The van der Waals surface area contributed by atoms with Gasteiger partial charge in [-0.15, -0.1) is 13.2 Å². The highest BCUT2D eigenvalue weighted by atomic mass is 19.4. The molecule has 126 valence electrons. The first-order valence-corrected chi connectivity index (χ1v) is 7.39. The first kappa shape index (κ1) is 16.1. The Balaban J connectivity index is 1.82. The van der Waals surface area contributed by atoms with E-state index in [4.69, 9.17) is 0 Å². The van der Waals surface area contributed by atoms with E-state index >= 15 is 0 Å². The van der Waals surface area contributed by atoms with Crippen molar-refractivity contribution in [3.63, 3.8) is 0 Å². The van der Waals surface area contributed by atoms with Gasteiger partial charge < -0.3 is 14.6 Å². The van der Waals surface area contributed by atoms with Crippen LogP contribution >= 0.6 is 0 Å². The van der Waals surface area contributed by atoms with Crippen molar-refractivity contribution in [3.05, 3.63) is 42.9 Å². The van der Waals surface area contributed by atoms with Crippen molar-refractivity contribution in [1.29, 1.82) is 0 Å². The summed E-state index contributed by atoms with van der Waals surface area (Å²) in [7, 11) is 0. The number of aryl methyl sites for hydroxylation is 1. The third kappa shape index (κ3) is 3.58. The lowest BCUT2D eigenvalue weighted by Gasteiger charge is -2.10. The zero-order valence-corrected chi connectivity index (χ0v) is 12.8. The fourth-order valence-corrected chi connectivity index (χ4v) is 2.40. The number of hydrogen-bond donors (Lipinski definition) is 1. The molecule has 5 nitrogen and oxygen atoms in total. The second-order valence-corrected chi connectivity index (χ2v) is 5.17. The maximum Gasteiger partial charge on any atom is 0.573 e. The van der Waals surface area contributed by atoms with Gasteiger partial charge in [0.1, 0.15) is 23.5 Å². The van der Waals surface area contributed by atoms with E-state index in [1.165, 1.54) is 30.6 Å². The minimum atomic E-state index is -4.70. The molecule has 0 atom stereocenters. The summed E-state index contributed by atoms with van der Waals surface area (Å²) in [5.41, 5.74) is 1.42. The highest BCUT2D eigenvalue weighted by molar-refractivity contribution is 5.89. The van der Waals surface area contributed by atoms with Gasteiger partial charge in [-0.05, 0) is 36.8 Å². The molecule has 0 aliphatic rings. The van der Waals surface area contributed by atoms with Crippen LogP contribution in [0.5, 0.6) is 5.75 Å². The molecule has 0 fully saturated rings. The van der Waals surface area contributed by atoms with E-state index in [-0.39, 0.29) is 5.75 Å². The van der Waals surface area contributed by atoms with Gasteiger partial charge in [0.15, 0.2) is 0 Å². The summed E-state index contributed by atoms with van der Waals surface area (Å²) >= 11 is 0. The minimum absolute atomic E-state index is 0.269. The fraction of sp³-hybridized carbons (Fsp3) is 0.250. The number of nitrogens with one attached hydrogen (secondary N) is 1. The highest BCUT2D eigenvalue weighted by Gasteiger charge is 2.30. The number of fused-ring (bicyclic) bond motifs is 1. The fourth-order valence-electron chi connectivity index (χ4n) is 2.40. The van der Waals surface area contributed by atoms with Crippen molar-refractivity contribution in [3.8, 4) is 5.75 Å². The standard InChI is InChI=1S/C16H15F3N4O/c1-2-8-23-9-7-13-14(20-10-21-15(13)23)22-11-3-5-12(6-4-11)24-16(17,18)19/h3-7,9-10H,2,8H2,1H3,(H,20,21,22). The van der Waals surface area contributed by atoms with E-state index in [1.807, 2.05) is 16.8 Å². The van der Waals surface area contributed by atoms with Crippen molar-refractivity contribution >= 4 is 22.5 Å². The maximum atomic E-state index is 12.2. The van der Waals surface area contributed by atoms with E-state index in [9.17, 15) is 13.2 Å². The largest absolute Gasteiger partial charge is 0.573 e. The monoisotopic (exact) mass is 336 g/mol. The molecule has 24 heavy (non-hydrogen) atoms. The maximum absolute atomic E-state index is 12.2. The van der Waals surface area contributed by atoms with E-state index in [0.29, 0.717) is 11.5 Å². The SMILES string of the molecule is CCCn1ccc2c(Nc3ccc(OC(F)(F)F)cc3)ncnc21. The number of hydrogen-bond acceptors (Lipinski definition) is 4. The summed E-state index contributed by atoms with van der Waals surface area (Å²) in [6, 6.07) is 7.40. The van der Waals surface area contributed by atoms with Gasteiger partial charge in [-0.2, -0.15) is 0 Å². The van der Waals surface area contributed by atoms with Crippen LogP contribution in [0.2, 0.25) is 0 Å². The molecule has 0 unspecified atom stereocenters. The Morgan fingerprint density at radius 1 is 1.12 bits per heavy atom. The van der Waals surface area contributed by atoms with E-state index < -0.39 is 6.36 Å². The van der Waals surface area contributed by atoms with Crippen molar-refractivity contribution in [2.75, 3.05) is 5.32 Å². The Morgan fingerprint density at radius 3 is 2.54 bits per heavy atom. The lowest BCUT2D eigenvalue weighted by Crippen LogP contribution is -2.16. The molecule has 2 heterocycles. The normalized spacial score (nSPS) is 11.7. The molecule has 0 saturated carbocycles. The number of rotatable bonds is 5. The lowest BCUT2D eigenvalue weighted by molar-refractivity contribution is -0.274. The molecular formula is C16H15F3N4O. The Kier molecular flexibility index (Phi) is 4.28. The quantitative estimate of drug-likeness (QED) is 0.746. The Labute approximate surface area is 136 Å². The predicted molar refractivity (Wildman–Crippen MR) is 84.2 cm³/mol. The number of halogens is 3. The number of anilines is 2. The molecular weight excluding hydrogens is 321 g/mol. The molecule has 8 heteroatoms. The van der Waals surface area contributed by atoms with E-state index in [1.54, 1.807) is 0 Å². The summed E-state index contributed by atoms with van der Waals surface area (Å²) in [5.74, 6) is 0.328. The van der Waals surface area contributed by atoms with Crippen LogP contribution in [0.15, 0.2) is 42.9 Å². The minimum Gasteiger partial charge on any atom is -0.406 e. The van der Waals surface area contributed by atoms with E-state index in [2.05, 4.69) is 26.9 Å². The summed E-state index contributed by atoms with van der Waals surface area (Å²) in [4.78, 5) is 8.49. The van der Waals surface area contributed by atoms with Crippen molar-refractivity contribution in [2.45, 2.75) is 26.3 Å². The van der Waals surface area contributed by atoms with Gasteiger partial charge in [0.25, 0.3) is 0 Å². The average Bonchev–Trinajstić information content (AvgIpc) is 2.93.